The maximum atomic E-state index is 5.23. The van der Waals surface area contributed by atoms with Crippen molar-refractivity contribution in [2.75, 3.05) is 7.11 Å². The fourth-order valence-corrected chi connectivity index (χ4v) is 4.21. The first-order valence-electron chi connectivity index (χ1n) is 10.3. The van der Waals surface area contributed by atoms with Gasteiger partial charge in [-0.3, -0.25) is 4.68 Å². The topological polar surface area (TPSA) is 39.1 Å². The molecule has 29 heavy (non-hydrogen) atoms. The van der Waals surface area contributed by atoms with Gasteiger partial charge in [0.25, 0.3) is 0 Å². The second kappa shape index (κ2) is 8.66. The van der Waals surface area contributed by atoms with Crippen molar-refractivity contribution in [2.24, 2.45) is 0 Å². The van der Waals surface area contributed by atoms with Gasteiger partial charge in [-0.1, -0.05) is 54.6 Å². The Morgan fingerprint density at radius 1 is 1.00 bits per heavy atom. The number of nitrogens with zero attached hydrogens (tertiary/aromatic N) is 2. The van der Waals surface area contributed by atoms with Crippen LogP contribution in [0.4, 0.5) is 0 Å². The van der Waals surface area contributed by atoms with Gasteiger partial charge in [-0.25, -0.2) is 0 Å². The Labute approximate surface area is 173 Å². The molecule has 0 saturated heterocycles. The van der Waals surface area contributed by atoms with Crippen LogP contribution in [-0.2, 0) is 13.1 Å². The highest BCUT2D eigenvalue weighted by molar-refractivity contribution is 5.35. The largest absolute Gasteiger partial charge is 0.497 e. The predicted molar refractivity (Wildman–Crippen MR) is 117 cm³/mol. The van der Waals surface area contributed by atoms with Gasteiger partial charge in [0.05, 0.1) is 19.3 Å². The lowest BCUT2D eigenvalue weighted by molar-refractivity contribution is 0.414. The summed E-state index contributed by atoms with van der Waals surface area (Å²) in [5, 5.41) is 8.50. The lowest BCUT2D eigenvalue weighted by Crippen LogP contribution is -2.25. The lowest BCUT2D eigenvalue weighted by atomic mass is 9.96. The van der Waals surface area contributed by atoms with Gasteiger partial charge in [0, 0.05) is 29.8 Å². The van der Waals surface area contributed by atoms with Crippen LogP contribution < -0.4 is 10.1 Å². The van der Waals surface area contributed by atoms with E-state index in [1.807, 2.05) is 12.1 Å². The molecule has 1 N–H and O–H groups in total. The Hall–Kier alpha value is -2.85. The minimum atomic E-state index is 0.387. The van der Waals surface area contributed by atoms with E-state index in [2.05, 4.69) is 78.5 Å². The summed E-state index contributed by atoms with van der Waals surface area (Å²) in [6, 6.07) is 19.2. The Morgan fingerprint density at radius 3 is 2.48 bits per heavy atom. The van der Waals surface area contributed by atoms with Gasteiger partial charge in [0.15, 0.2) is 0 Å². The van der Waals surface area contributed by atoms with Crippen molar-refractivity contribution in [3.63, 3.8) is 0 Å². The van der Waals surface area contributed by atoms with Crippen LogP contribution in [0.15, 0.2) is 66.7 Å². The zero-order valence-electron chi connectivity index (χ0n) is 17.4. The van der Waals surface area contributed by atoms with E-state index in [9.17, 15) is 0 Å². The lowest BCUT2D eigenvalue weighted by Gasteiger charge is -2.15. The van der Waals surface area contributed by atoms with Gasteiger partial charge in [0.2, 0.25) is 0 Å². The van der Waals surface area contributed by atoms with Crippen LogP contribution in [0, 0.1) is 13.8 Å². The summed E-state index contributed by atoms with van der Waals surface area (Å²) < 4.78 is 7.38. The maximum absolute atomic E-state index is 5.23. The average Bonchev–Trinajstić information content (AvgIpc) is 3.31. The minimum absolute atomic E-state index is 0.387. The summed E-state index contributed by atoms with van der Waals surface area (Å²) in [5.74, 6) is 1.32. The van der Waals surface area contributed by atoms with Gasteiger partial charge >= 0.3 is 0 Å². The summed E-state index contributed by atoms with van der Waals surface area (Å²) in [5.41, 5.74) is 6.35. The van der Waals surface area contributed by atoms with E-state index in [1.54, 1.807) is 7.11 Å². The third-order valence-electron chi connectivity index (χ3n) is 5.79. The zero-order valence-corrected chi connectivity index (χ0v) is 17.4. The van der Waals surface area contributed by atoms with Crippen LogP contribution in [0.2, 0.25) is 0 Å². The molecule has 0 fully saturated rings. The number of ether oxygens (including phenoxy) is 1. The third-order valence-corrected chi connectivity index (χ3v) is 5.79. The SMILES string of the molecule is COc1ccc(CNC2C=CC(c3c(C)nn(Cc4ccccc4)c3C)C2)cc1. The fraction of sp³-hybridized carbons (Fsp3) is 0.320. The van der Waals surface area contributed by atoms with Crippen LogP contribution in [0.3, 0.4) is 0 Å². The minimum Gasteiger partial charge on any atom is -0.497 e. The van der Waals surface area contributed by atoms with Gasteiger partial charge in [-0.15, -0.1) is 0 Å². The Balaban J connectivity index is 1.39. The molecule has 3 aromatic rings. The van der Waals surface area contributed by atoms with E-state index >= 15 is 0 Å². The Bertz CT molecular complexity index is 973. The average molecular weight is 388 g/mol. The fourth-order valence-electron chi connectivity index (χ4n) is 4.21. The number of methoxy groups -OCH3 is 1. The van der Waals surface area contributed by atoms with Gasteiger partial charge in [-0.2, -0.15) is 5.10 Å². The highest BCUT2D eigenvalue weighted by Gasteiger charge is 2.25. The Morgan fingerprint density at radius 2 is 1.76 bits per heavy atom. The molecule has 2 unspecified atom stereocenters. The van der Waals surface area contributed by atoms with E-state index < -0.39 is 0 Å². The Kier molecular flexibility index (Phi) is 5.81. The van der Waals surface area contributed by atoms with E-state index in [4.69, 9.17) is 9.84 Å². The molecule has 0 radical (unpaired) electrons. The van der Waals surface area contributed by atoms with Gasteiger partial charge in [-0.05, 0) is 43.5 Å². The smallest absolute Gasteiger partial charge is 0.118 e. The van der Waals surface area contributed by atoms with Gasteiger partial charge < -0.3 is 10.1 Å². The molecule has 0 aliphatic heterocycles. The number of allylic oxidation sites excluding steroid dienone is 1. The van der Waals surface area contributed by atoms with E-state index in [0.717, 1.165) is 31.0 Å². The molecule has 1 aliphatic rings. The second-order valence-corrected chi connectivity index (χ2v) is 7.79. The van der Waals surface area contributed by atoms with Crippen molar-refractivity contribution in [1.82, 2.24) is 15.1 Å². The summed E-state index contributed by atoms with van der Waals surface area (Å²) in [7, 11) is 1.70. The summed E-state index contributed by atoms with van der Waals surface area (Å²) >= 11 is 0. The highest BCUT2D eigenvalue weighted by atomic mass is 16.5. The monoisotopic (exact) mass is 387 g/mol. The van der Waals surface area contributed by atoms with E-state index in [1.165, 1.54) is 22.4 Å². The number of aromatic nitrogens is 2. The molecule has 4 heteroatoms. The van der Waals surface area contributed by atoms with Crippen molar-refractivity contribution in [3.8, 4) is 5.75 Å². The molecule has 0 spiro atoms. The molecule has 1 aliphatic carbocycles. The first kappa shape index (κ1) is 19.5. The third kappa shape index (κ3) is 4.43. The number of benzene rings is 2. The molecule has 4 rings (SSSR count). The van der Waals surface area contributed by atoms with Crippen molar-refractivity contribution in [3.05, 3.63) is 94.8 Å². The number of aryl methyl sites for hydroxylation is 1. The van der Waals surface area contributed by atoms with Crippen LogP contribution in [0.5, 0.6) is 5.75 Å². The highest BCUT2D eigenvalue weighted by Crippen LogP contribution is 2.33. The molecule has 150 valence electrons. The molecule has 2 aromatic carbocycles. The molecular formula is C25H29N3O. The normalized spacial score (nSPS) is 18.3. The maximum Gasteiger partial charge on any atom is 0.118 e. The van der Waals surface area contributed by atoms with Crippen molar-refractivity contribution in [1.29, 1.82) is 0 Å². The molecule has 2 atom stereocenters. The zero-order chi connectivity index (χ0) is 20.2. The first-order chi connectivity index (χ1) is 14.1. The van der Waals surface area contributed by atoms with Crippen molar-refractivity contribution in [2.45, 2.75) is 45.3 Å². The molecule has 1 heterocycles. The molecule has 0 saturated carbocycles. The van der Waals surface area contributed by atoms with Crippen LogP contribution in [0.25, 0.3) is 0 Å². The predicted octanol–water partition coefficient (Wildman–Crippen LogP) is 4.76. The van der Waals surface area contributed by atoms with Crippen LogP contribution >= 0.6 is 0 Å². The molecular weight excluding hydrogens is 358 g/mol. The van der Waals surface area contributed by atoms with E-state index in [-0.39, 0.29) is 0 Å². The van der Waals surface area contributed by atoms with Crippen molar-refractivity contribution >= 4 is 0 Å². The summed E-state index contributed by atoms with van der Waals surface area (Å²) in [6.07, 6.45) is 5.73. The molecule has 1 aromatic heterocycles. The number of hydrogen-bond acceptors (Lipinski definition) is 3. The number of hydrogen-bond donors (Lipinski definition) is 1. The summed E-state index contributed by atoms with van der Waals surface area (Å²) in [6.45, 7) is 6.01. The van der Waals surface area contributed by atoms with E-state index in [0.29, 0.717) is 12.0 Å². The molecule has 0 amide bonds. The quantitative estimate of drug-likeness (QED) is 0.594. The second-order valence-electron chi connectivity index (χ2n) is 7.79. The van der Waals surface area contributed by atoms with Gasteiger partial charge in [0.1, 0.15) is 5.75 Å². The number of nitrogens with one attached hydrogen (secondary N) is 1. The number of rotatable bonds is 7. The summed E-state index contributed by atoms with van der Waals surface area (Å²) in [4.78, 5) is 0. The first-order valence-corrected chi connectivity index (χ1v) is 10.3. The van der Waals surface area contributed by atoms with Crippen LogP contribution in [0.1, 0.15) is 40.4 Å². The van der Waals surface area contributed by atoms with Crippen LogP contribution in [-0.4, -0.2) is 22.9 Å². The molecule has 0 bridgehead atoms. The standard InChI is InChI=1S/C25H29N3O/c1-18-25(19(2)28(27-18)17-21-7-5-4-6-8-21)22-11-12-23(15-22)26-16-20-9-13-24(29-3)14-10-20/h4-14,22-23,26H,15-17H2,1-3H3. The van der Waals surface area contributed by atoms with Crippen molar-refractivity contribution < 1.29 is 4.74 Å². The molecule has 4 nitrogen and oxygen atoms in total.